The van der Waals surface area contributed by atoms with Crippen LogP contribution in [0.3, 0.4) is 0 Å². The molecule has 0 saturated heterocycles. The number of anilines is 1. The molecule has 0 aromatic heterocycles. The van der Waals surface area contributed by atoms with E-state index >= 15 is 0 Å². The van der Waals surface area contributed by atoms with Crippen molar-refractivity contribution in [1.29, 1.82) is 0 Å². The van der Waals surface area contributed by atoms with E-state index in [0.29, 0.717) is 11.4 Å². The first-order valence-electron chi connectivity index (χ1n) is 6.35. The highest BCUT2D eigenvalue weighted by Gasteiger charge is 2.08. The Morgan fingerprint density at radius 1 is 1.15 bits per heavy atom. The maximum absolute atomic E-state index is 11.8. The van der Waals surface area contributed by atoms with Crippen LogP contribution in [0.1, 0.15) is 11.1 Å². The molecule has 0 fully saturated rings. The van der Waals surface area contributed by atoms with Crippen molar-refractivity contribution in [1.82, 2.24) is 0 Å². The molecule has 2 aromatic carbocycles. The molecule has 2 aromatic rings. The first-order chi connectivity index (χ1) is 9.58. The van der Waals surface area contributed by atoms with Gasteiger partial charge in [-0.3, -0.25) is 4.79 Å². The molecule has 0 unspecified atom stereocenters. The fraction of sp³-hybridized carbons (Fsp3) is 0.188. The van der Waals surface area contributed by atoms with Crippen molar-refractivity contribution < 1.29 is 14.6 Å². The Morgan fingerprint density at radius 2 is 1.90 bits per heavy atom. The lowest BCUT2D eigenvalue weighted by molar-refractivity contribution is -0.118. The summed E-state index contributed by atoms with van der Waals surface area (Å²) in [6.07, 6.45) is 0. The third-order valence-corrected chi connectivity index (χ3v) is 3.09. The van der Waals surface area contributed by atoms with E-state index in [9.17, 15) is 9.90 Å². The minimum atomic E-state index is -0.313. The number of amides is 1. The van der Waals surface area contributed by atoms with Crippen LogP contribution in [0.4, 0.5) is 5.69 Å². The summed E-state index contributed by atoms with van der Waals surface area (Å²) in [6.45, 7) is 3.84. The monoisotopic (exact) mass is 271 g/mol. The van der Waals surface area contributed by atoms with Gasteiger partial charge in [-0.05, 0) is 43.2 Å². The van der Waals surface area contributed by atoms with E-state index in [4.69, 9.17) is 4.74 Å². The smallest absolute Gasteiger partial charge is 0.262 e. The number of benzene rings is 2. The quantitative estimate of drug-likeness (QED) is 0.840. The summed E-state index contributed by atoms with van der Waals surface area (Å²) < 4.78 is 5.50. The Hall–Kier alpha value is -2.49. The summed E-state index contributed by atoms with van der Waals surface area (Å²) in [6, 6.07) is 12.3. The fourth-order valence-electron chi connectivity index (χ4n) is 1.79. The van der Waals surface area contributed by atoms with E-state index in [2.05, 4.69) is 5.32 Å². The normalized spacial score (nSPS) is 10.1. The minimum Gasteiger partial charge on any atom is -0.506 e. The van der Waals surface area contributed by atoms with Gasteiger partial charge in [0.05, 0.1) is 5.69 Å². The van der Waals surface area contributed by atoms with Gasteiger partial charge in [0.25, 0.3) is 5.91 Å². The number of aryl methyl sites for hydroxylation is 1. The predicted octanol–water partition coefficient (Wildman–Crippen LogP) is 3.03. The maximum atomic E-state index is 11.8. The number of rotatable bonds is 4. The Bertz CT molecular complexity index is 623. The third kappa shape index (κ3) is 3.29. The van der Waals surface area contributed by atoms with E-state index in [1.54, 1.807) is 18.2 Å². The van der Waals surface area contributed by atoms with Crippen molar-refractivity contribution in [2.45, 2.75) is 13.8 Å². The summed E-state index contributed by atoms with van der Waals surface area (Å²) in [7, 11) is 0. The highest BCUT2D eigenvalue weighted by Crippen LogP contribution is 2.22. The molecule has 20 heavy (non-hydrogen) atoms. The molecule has 0 bridgehead atoms. The van der Waals surface area contributed by atoms with Crippen LogP contribution in [0.25, 0.3) is 0 Å². The maximum Gasteiger partial charge on any atom is 0.262 e. The van der Waals surface area contributed by atoms with E-state index in [0.717, 1.165) is 11.1 Å². The molecule has 4 heteroatoms. The highest BCUT2D eigenvalue weighted by molar-refractivity contribution is 5.93. The Morgan fingerprint density at radius 3 is 2.65 bits per heavy atom. The molecule has 0 spiro atoms. The summed E-state index contributed by atoms with van der Waals surface area (Å²) in [5.41, 5.74) is 2.51. The van der Waals surface area contributed by atoms with Crippen LogP contribution in [0.2, 0.25) is 0 Å². The number of nitrogens with one attached hydrogen (secondary N) is 1. The Kier molecular flexibility index (Phi) is 4.25. The van der Waals surface area contributed by atoms with Gasteiger partial charge in [0.1, 0.15) is 11.5 Å². The average molecular weight is 271 g/mol. The number of hydrogen-bond donors (Lipinski definition) is 2. The standard InChI is InChI=1S/C16H17NO3/c1-11-6-5-9-15(12(11)2)20-10-16(19)17-13-7-3-4-8-14(13)18/h3-9,18H,10H2,1-2H3,(H,17,19). The SMILES string of the molecule is Cc1cccc(OCC(=O)Nc2ccccc2O)c1C. The second-order valence-electron chi connectivity index (χ2n) is 4.55. The first kappa shape index (κ1) is 13.9. The largest absolute Gasteiger partial charge is 0.506 e. The van der Waals surface area contributed by atoms with Crippen LogP contribution in [0.5, 0.6) is 11.5 Å². The van der Waals surface area contributed by atoms with Crippen molar-refractivity contribution in [3.63, 3.8) is 0 Å². The molecular formula is C16H17NO3. The third-order valence-electron chi connectivity index (χ3n) is 3.09. The van der Waals surface area contributed by atoms with Crippen LogP contribution in [-0.4, -0.2) is 17.6 Å². The van der Waals surface area contributed by atoms with Gasteiger partial charge in [-0.15, -0.1) is 0 Å². The number of phenols is 1. The number of carbonyl (C=O) groups excluding carboxylic acids is 1. The number of hydrogen-bond acceptors (Lipinski definition) is 3. The summed E-state index contributed by atoms with van der Waals surface area (Å²) in [5, 5.41) is 12.2. The van der Waals surface area contributed by atoms with Gasteiger partial charge in [-0.1, -0.05) is 24.3 Å². The van der Waals surface area contributed by atoms with E-state index in [-0.39, 0.29) is 18.3 Å². The van der Waals surface area contributed by atoms with Crippen LogP contribution in [0, 0.1) is 13.8 Å². The molecular weight excluding hydrogens is 254 g/mol. The molecule has 2 N–H and O–H groups in total. The molecule has 0 atom stereocenters. The van der Waals surface area contributed by atoms with Gasteiger partial charge < -0.3 is 15.2 Å². The Balaban J connectivity index is 1.96. The van der Waals surface area contributed by atoms with Crippen LogP contribution in [0.15, 0.2) is 42.5 Å². The van der Waals surface area contributed by atoms with Crippen LogP contribution >= 0.6 is 0 Å². The highest BCUT2D eigenvalue weighted by atomic mass is 16.5. The zero-order valence-corrected chi connectivity index (χ0v) is 11.5. The van der Waals surface area contributed by atoms with Crippen molar-refractivity contribution >= 4 is 11.6 Å². The number of phenolic OH excluding ortho intramolecular Hbond substituents is 1. The van der Waals surface area contributed by atoms with Crippen molar-refractivity contribution in [2.24, 2.45) is 0 Å². The number of carbonyl (C=O) groups is 1. The number of aromatic hydroxyl groups is 1. The lowest BCUT2D eigenvalue weighted by Gasteiger charge is -2.11. The van der Waals surface area contributed by atoms with Crippen molar-refractivity contribution in [3.05, 3.63) is 53.6 Å². The molecule has 4 nitrogen and oxygen atoms in total. The molecule has 0 aliphatic rings. The van der Waals surface area contributed by atoms with Crippen LogP contribution < -0.4 is 10.1 Å². The molecule has 0 radical (unpaired) electrons. The first-order valence-corrected chi connectivity index (χ1v) is 6.35. The summed E-state index contributed by atoms with van der Waals surface area (Å²) >= 11 is 0. The zero-order valence-electron chi connectivity index (χ0n) is 11.5. The van der Waals surface area contributed by atoms with Crippen LogP contribution in [-0.2, 0) is 4.79 Å². The fourth-order valence-corrected chi connectivity index (χ4v) is 1.79. The van der Waals surface area contributed by atoms with Gasteiger partial charge in [-0.2, -0.15) is 0 Å². The summed E-state index contributed by atoms with van der Waals surface area (Å²) in [4.78, 5) is 11.8. The molecule has 0 aliphatic carbocycles. The summed E-state index contributed by atoms with van der Waals surface area (Å²) in [5.74, 6) is 0.414. The molecule has 1 amide bonds. The molecule has 104 valence electrons. The van der Waals surface area contributed by atoms with Gasteiger partial charge in [-0.25, -0.2) is 0 Å². The molecule has 0 aliphatic heterocycles. The second kappa shape index (κ2) is 6.10. The van der Waals surface area contributed by atoms with Gasteiger partial charge in [0, 0.05) is 0 Å². The molecule has 0 heterocycles. The van der Waals surface area contributed by atoms with Crippen molar-refractivity contribution in [2.75, 3.05) is 11.9 Å². The van der Waals surface area contributed by atoms with Gasteiger partial charge in [0.15, 0.2) is 6.61 Å². The topological polar surface area (TPSA) is 58.6 Å². The lowest BCUT2D eigenvalue weighted by Crippen LogP contribution is -2.20. The van der Waals surface area contributed by atoms with E-state index < -0.39 is 0 Å². The Labute approximate surface area is 118 Å². The molecule has 0 saturated carbocycles. The minimum absolute atomic E-state index is 0.0348. The van der Waals surface area contributed by atoms with Gasteiger partial charge >= 0.3 is 0 Å². The number of para-hydroxylation sites is 2. The zero-order chi connectivity index (χ0) is 14.5. The second-order valence-corrected chi connectivity index (χ2v) is 4.55. The number of ether oxygens (including phenoxy) is 1. The predicted molar refractivity (Wildman–Crippen MR) is 78.1 cm³/mol. The molecule has 2 rings (SSSR count). The van der Waals surface area contributed by atoms with E-state index in [1.165, 1.54) is 6.07 Å². The van der Waals surface area contributed by atoms with Crippen molar-refractivity contribution in [3.8, 4) is 11.5 Å². The van der Waals surface area contributed by atoms with E-state index in [1.807, 2.05) is 32.0 Å². The average Bonchev–Trinajstić information content (AvgIpc) is 2.43. The lowest BCUT2D eigenvalue weighted by atomic mass is 10.1. The van der Waals surface area contributed by atoms with Gasteiger partial charge in [0.2, 0.25) is 0 Å².